The molecule has 1 aliphatic heterocycles. The Hall–Kier alpha value is -2.91. The Bertz CT molecular complexity index is 1050. The van der Waals surface area contributed by atoms with Gasteiger partial charge in [-0.2, -0.15) is 5.26 Å². The molecule has 33 heavy (non-hydrogen) atoms. The van der Waals surface area contributed by atoms with Gasteiger partial charge in [-0.25, -0.2) is 4.79 Å². The molecule has 0 N–H and O–H groups in total. The van der Waals surface area contributed by atoms with Crippen molar-refractivity contribution in [2.75, 3.05) is 38.6 Å². The molecule has 2 heterocycles. The summed E-state index contributed by atoms with van der Waals surface area (Å²) in [6.07, 6.45) is 9.78. The monoisotopic (exact) mass is 443 g/mol. The topological polar surface area (TPSA) is 63.5 Å². The minimum absolute atomic E-state index is 0.0474. The van der Waals surface area contributed by atoms with E-state index in [9.17, 15) is 10.1 Å². The SMILES string of the molecule is CN(C)C[C@]1(c2ccccc2)CC[C@]2(CC1)CN(c1cnccc1C#N)C(=O)N2CC1CC1. The molecule has 1 aromatic heterocycles. The van der Waals surface area contributed by atoms with E-state index in [0.29, 0.717) is 23.7 Å². The molecule has 0 unspecified atom stereocenters. The van der Waals surface area contributed by atoms with Crippen LogP contribution in [0.4, 0.5) is 10.5 Å². The lowest BCUT2D eigenvalue weighted by molar-refractivity contribution is 0.0752. The Morgan fingerprint density at radius 2 is 1.85 bits per heavy atom. The fourth-order valence-electron chi connectivity index (χ4n) is 6.07. The summed E-state index contributed by atoms with van der Waals surface area (Å²) >= 11 is 0. The van der Waals surface area contributed by atoms with E-state index < -0.39 is 0 Å². The lowest BCUT2D eigenvalue weighted by Crippen LogP contribution is -2.54. The Labute approximate surface area is 196 Å². The highest BCUT2D eigenvalue weighted by Gasteiger charge is 2.55. The number of anilines is 1. The fourth-order valence-corrected chi connectivity index (χ4v) is 6.07. The van der Waals surface area contributed by atoms with Gasteiger partial charge in [-0.3, -0.25) is 9.88 Å². The van der Waals surface area contributed by atoms with Crippen LogP contribution in [0.2, 0.25) is 0 Å². The zero-order valence-electron chi connectivity index (χ0n) is 19.7. The normalized spacial score (nSPS) is 27.4. The van der Waals surface area contributed by atoms with Gasteiger partial charge in [0.25, 0.3) is 0 Å². The van der Waals surface area contributed by atoms with Gasteiger partial charge in [0.1, 0.15) is 6.07 Å². The summed E-state index contributed by atoms with van der Waals surface area (Å²) in [4.78, 5) is 24.3. The van der Waals surface area contributed by atoms with E-state index in [1.54, 1.807) is 18.5 Å². The highest BCUT2D eigenvalue weighted by atomic mass is 16.2. The van der Waals surface area contributed by atoms with Crippen LogP contribution >= 0.6 is 0 Å². The van der Waals surface area contributed by atoms with Crippen molar-refractivity contribution in [3.05, 3.63) is 59.9 Å². The Morgan fingerprint density at radius 1 is 1.12 bits per heavy atom. The van der Waals surface area contributed by atoms with Crippen LogP contribution < -0.4 is 4.90 Å². The Kier molecular flexibility index (Phi) is 5.62. The molecule has 2 aromatic rings. The fraction of sp³-hybridized carbons (Fsp3) is 0.519. The number of pyridine rings is 1. The Balaban J connectivity index is 1.46. The molecule has 2 saturated carbocycles. The van der Waals surface area contributed by atoms with Crippen molar-refractivity contribution in [3.8, 4) is 6.07 Å². The number of hydrogen-bond donors (Lipinski definition) is 0. The minimum atomic E-state index is -0.174. The van der Waals surface area contributed by atoms with E-state index in [4.69, 9.17) is 0 Å². The lowest BCUT2D eigenvalue weighted by Gasteiger charge is -2.49. The number of carbonyl (C=O) groups excluding carboxylic acids is 1. The molecule has 0 bridgehead atoms. The van der Waals surface area contributed by atoms with Crippen LogP contribution in [0.5, 0.6) is 0 Å². The van der Waals surface area contributed by atoms with Gasteiger partial charge < -0.3 is 9.80 Å². The highest BCUT2D eigenvalue weighted by Crippen LogP contribution is 2.50. The standard InChI is InChI=1S/C27H33N5O/c1-30(2)19-26(23-6-4-3-5-7-23)11-13-27(14-12-26)20-31(24-17-29-15-10-22(24)16-28)25(33)32(27)18-21-8-9-21/h3-7,10,15,17,21H,8-9,11-14,18-20H2,1-2H3/t26-,27-. The summed E-state index contributed by atoms with van der Waals surface area (Å²) in [5, 5.41) is 9.63. The van der Waals surface area contributed by atoms with E-state index in [1.807, 2.05) is 4.90 Å². The molecule has 1 spiro atoms. The minimum Gasteiger partial charge on any atom is -0.317 e. The van der Waals surface area contributed by atoms with Gasteiger partial charge in [0, 0.05) is 24.7 Å². The van der Waals surface area contributed by atoms with Crippen molar-refractivity contribution < 1.29 is 4.79 Å². The second-order valence-electron chi connectivity index (χ2n) is 10.5. The first-order chi connectivity index (χ1) is 16.0. The molecule has 6 heteroatoms. The summed E-state index contributed by atoms with van der Waals surface area (Å²) in [5.41, 5.74) is 2.50. The number of likely N-dealkylation sites (N-methyl/N-ethyl adjacent to an activating group) is 1. The van der Waals surface area contributed by atoms with Gasteiger partial charge in [0.15, 0.2) is 0 Å². The summed E-state index contributed by atoms with van der Waals surface area (Å²) in [7, 11) is 4.31. The average molecular weight is 444 g/mol. The third kappa shape index (κ3) is 4.00. The molecular formula is C27H33N5O. The van der Waals surface area contributed by atoms with Gasteiger partial charge in [-0.1, -0.05) is 30.3 Å². The number of aromatic nitrogens is 1. The maximum absolute atomic E-state index is 13.7. The number of nitriles is 1. The summed E-state index contributed by atoms with van der Waals surface area (Å²) in [6.45, 7) is 2.49. The number of hydrogen-bond acceptors (Lipinski definition) is 4. The number of carbonyl (C=O) groups is 1. The number of urea groups is 1. The van der Waals surface area contributed by atoms with Gasteiger partial charge in [0.2, 0.25) is 0 Å². The summed E-state index contributed by atoms with van der Waals surface area (Å²) in [6, 6.07) is 14.9. The third-order valence-corrected chi connectivity index (χ3v) is 7.98. The molecule has 2 aliphatic carbocycles. The van der Waals surface area contributed by atoms with Crippen LogP contribution in [0.1, 0.15) is 49.7 Å². The quantitative estimate of drug-likeness (QED) is 0.663. The third-order valence-electron chi connectivity index (χ3n) is 7.98. The maximum atomic E-state index is 13.7. The van der Waals surface area contributed by atoms with Crippen LogP contribution in [0.25, 0.3) is 0 Å². The zero-order valence-corrected chi connectivity index (χ0v) is 19.7. The predicted octanol–water partition coefficient (Wildman–Crippen LogP) is 4.42. The van der Waals surface area contributed by atoms with E-state index in [2.05, 4.69) is 65.3 Å². The van der Waals surface area contributed by atoms with E-state index in [0.717, 1.165) is 38.8 Å². The van der Waals surface area contributed by atoms with Crippen molar-refractivity contribution in [2.45, 2.75) is 49.5 Å². The second kappa shape index (κ2) is 8.46. The zero-order chi connectivity index (χ0) is 23.1. The molecule has 1 aromatic carbocycles. The molecular weight excluding hydrogens is 410 g/mol. The molecule has 3 aliphatic rings. The van der Waals surface area contributed by atoms with Gasteiger partial charge in [-0.05, 0) is 70.2 Å². The molecule has 1 saturated heterocycles. The first-order valence-electron chi connectivity index (χ1n) is 12.1. The van der Waals surface area contributed by atoms with Crippen LogP contribution in [0.15, 0.2) is 48.8 Å². The molecule has 6 nitrogen and oxygen atoms in total. The van der Waals surface area contributed by atoms with Crippen LogP contribution in [-0.2, 0) is 5.41 Å². The van der Waals surface area contributed by atoms with Crippen LogP contribution in [-0.4, -0.2) is 60.1 Å². The molecule has 0 atom stereocenters. The number of rotatable bonds is 6. The molecule has 2 amide bonds. The molecule has 3 fully saturated rings. The molecule has 0 radical (unpaired) electrons. The summed E-state index contributed by atoms with van der Waals surface area (Å²) < 4.78 is 0. The van der Waals surface area contributed by atoms with Gasteiger partial charge >= 0.3 is 6.03 Å². The van der Waals surface area contributed by atoms with E-state index in [1.165, 1.54) is 18.4 Å². The van der Waals surface area contributed by atoms with E-state index in [-0.39, 0.29) is 17.0 Å². The van der Waals surface area contributed by atoms with Crippen molar-refractivity contribution in [3.63, 3.8) is 0 Å². The second-order valence-corrected chi connectivity index (χ2v) is 10.5. The van der Waals surface area contributed by atoms with Crippen molar-refractivity contribution in [1.29, 1.82) is 5.26 Å². The van der Waals surface area contributed by atoms with Crippen LogP contribution in [0.3, 0.4) is 0 Å². The van der Waals surface area contributed by atoms with Crippen molar-refractivity contribution in [2.24, 2.45) is 5.92 Å². The summed E-state index contributed by atoms with van der Waals surface area (Å²) in [5.74, 6) is 0.623. The Morgan fingerprint density at radius 3 is 2.48 bits per heavy atom. The van der Waals surface area contributed by atoms with Gasteiger partial charge in [0.05, 0.1) is 29.5 Å². The maximum Gasteiger partial charge on any atom is 0.325 e. The highest BCUT2D eigenvalue weighted by molar-refractivity contribution is 5.96. The predicted molar refractivity (Wildman–Crippen MR) is 129 cm³/mol. The first-order valence-corrected chi connectivity index (χ1v) is 12.1. The number of benzene rings is 1. The smallest absolute Gasteiger partial charge is 0.317 e. The number of nitrogens with zero attached hydrogens (tertiary/aromatic N) is 5. The largest absolute Gasteiger partial charge is 0.325 e. The first kappa shape index (κ1) is 21.9. The lowest BCUT2D eigenvalue weighted by atomic mass is 9.63. The van der Waals surface area contributed by atoms with Gasteiger partial charge in [-0.15, -0.1) is 0 Å². The van der Waals surface area contributed by atoms with Crippen molar-refractivity contribution in [1.82, 2.24) is 14.8 Å². The number of amides is 2. The average Bonchev–Trinajstić information content (AvgIpc) is 3.62. The van der Waals surface area contributed by atoms with Crippen molar-refractivity contribution >= 4 is 11.7 Å². The van der Waals surface area contributed by atoms with E-state index >= 15 is 0 Å². The van der Waals surface area contributed by atoms with Crippen LogP contribution in [0, 0.1) is 17.2 Å². The molecule has 172 valence electrons. The molecule has 5 rings (SSSR count).